The molecule has 0 spiro atoms. The van der Waals surface area contributed by atoms with Crippen LogP contribution in [0, 0.1) is 10.1 Å². The maximum Gasteiger partial charge on any atom is 0.269 e. The molecule has 0 atom stereocenters. The Morgan fingerprint density at radius 1 is 1.14 bits per heavy atom. The summed E-state index contributed by atoms with van der Waals surface area (Å²) in [6.45, 7) is 4.88. The van der Waals surface area contributed by atoms with E-state index in [1.807, 2.05) is 6.92 Å². The van der Waals surface area contributed by atoms with Gasteiger partial charge in [0.15, 0.2) is 17.0 Å². The molecule has 0 saturated carbocycles. The number of fused-ring (bicyclic) bond motifs is 1. The normalized spacial score (nSPS) is 14.5. The van der Waals surface area contributed by atoms with E-state index in [0.717, 1.165) is 0 Å². The van der Waals surface area contributed by atoms with Crippen LogP contribution in [-0.2, 0) is 6.54 Å². The van der Waals surface area contributed by atoms with E-state index in [1.165, 1.54) is 30.6 Å². The van der Waals surface area contributed by atoms with Crippen molar-refractivity contribution < 1.29 is 9.72 Å². The van der Waals surface area contributed by atoms with Gasteiger partial charge in [-0.1, -0.05) is 5.21 Å². The Morgan fingerprint density at radius 2 is 1.86 bits per heavy atom. The summed E-state index contributed by atoms with van der Waals surface area (Å²) in [4.78, 5) is 35.4. The summed E-state index contributed by atoms with van der Waals surface area (Å²) in [7, 11) is 0. The van der Waals surface area contributed by atoms with Crippen LogP contribution in [0.1, 0.15) is 17.3 Å². The molecule has 28 heavy (non-hydrogen) atoms. The van der Waals surface area contributed by atoms with Crippen LogP contribution >= 0.6 is 0 Å². The predicted molar refractivity (Wildman–Crippen MR) is 100 cm³/mol. The number of aryl methyl sites for hydroxylation is 1. The number of nitrogens with zero attached hydrogens (tertiary/aromatic N) is 8. The summed E-state index contributed by atoms with van der Waals surface area (Å²) in [5.74, 6) is 0.575. The van der Waals surface area contributed by atoms with Gasteiger partial charge in [0.25, 0.3) is 11.6 Å². The van der Waals surface area contributed by atoms with Gasteiger partial charge in [0, 0.05) is 50.4 Å². The molecule has 1 aromatic carbocycles. The first-order valence-electron chi connectivity index (χ1n) is 8.91. The lowest BCUT2D eigenvalue weighted by Gasteiger charge is -2.35. The Balaban J connectivity index is 1.47. The van der Waals surface area contributed by atoms with E-state index in [2.05, 4.69) is 25.2 Å². The number of nitro groups is 1. The highest BCUT2D eigenvalue weighted by atomic mass is 16.6. The molecule has 3 heterocycles. The van der Waals surface area contributed by atoms with Crippen LogP contribution in [0.3, 0.4) is 0 Å². The second kappa shape index (κ2) is 7.18. The zero-order valence-corrected chi connectivity index (χ0v) is 15.2. The molecule has 0 unspecified atom stereocenters. The number of benzene rings is 1. The molecule has 11 nitrogen and oxygen atoms in total. The van der Waals surface area contributed by atoms with Crippen molar-refractivity contribution in [1.29, 1.82) is 0 Å². The Hall–Kier alpha value is -3.63. The van der Waals surface area contributed by atoms with E-state index in [1.54, 1.807) is 9.58 Å². The molecular formula is C17H18N8O3. The Kier molecular flexibility index (Phi) is 4.55. The lowest BCUT2D eigenvalue weighted by molar-refractivity contribution is -0.384. The first-order chi connectivity index (χ1) is 13.6. The van der Waals surface area contributed by atoms with Crippen molar-refractivity contribution >= 4 is 28.6 Å². The summed E-state index contributed by atoms with van der Waals surface area (Å²) in [6.07, 6.45) is 1.50. The van der Waals surface area contributed by atoms with Gasteiger partial charge in [0.1, 0.15) is 6.33 Å². The molecule has 0 aliphatic carbocycles. The lowest BCUT2D eigenvalue weighted by Crippen LogP contribution is -2.49. The zero-order valence-electron chi connectivity index (χ0n) is 15.2. The zero-order chi connectivity index (χ0) is 19.7. The van der Waals surface area contributed by atoms with Gasteiger partial charge in [-0.15, -0.1) is 5.10 Å². The highest BCUT2D eigenvalue weighted by Gasteiger charge is 2.25. The van der Waals surface area contributed by atoms with Gasteiger partial charge in [-0.3, -0.25) is 14.9 Å². The SMILES string of the molecule is CCn1nnc2c(N3CCN(C(=O)c4ccc([N+](=O)[O-])cc4)CC3)ncnc21. The third-order valence-electron chi connectivity index (χ3n) is 4.77. The van der Waals surface area contributed by atoms with Gasteiger partial charge in [-0.25, -0.2) is 14.6 Å². The third-order valence-corrected chi connectivity index (χ3v) is 4.77. The van der Waals surface area contributed by atoms with Crippen molar-refractivity contribution in [1.82, 2.24) is 29.9 Å². The Bertz CT molecular complexity index is 1020. The monoisotopic (exact) mass is 382 g/mol. The number of non-ortho nitro benzene ring substituents is 1. The van der Waals surface area contributed by atoms with Crippen LogP contribution in [-0.4, -0.2) is 66.9 Å². The van der Waals surface area contributed by atoms with Crippen LogP contribution in [0.4, 0.5) is 11.5 Å². The van der Waals surface area contributed by atoms with E-state index in [4.69, 9.17) is 0 Å². The molecule has 1 fully saturated rings. The number of amides is 1. The lowest BCUT2D eigenvalue weighted by atomic mass is 10.1. The standard InChI is InChI=1S/C17H18N8O3/c1-2-24-16-14(20-21-24)15(18-11-19-16)22-7-9-23(10-8-22)17(26)12-3-5-13(6-4-12)25(27)28/h3-6,11H,2,7-10H2,1H3. The van der Waals surface area contributed by atoms with E-state index in [0.29, 0.717) is 55.3 Å². The Labute approximate surface area is 159 Å². The van der Waals surface area contributed by atoms with Gasteiger partial charge in [-0.2, -0.15) is 0 Å². The average molecular weight is 382 g/mol. The molecular weight excluding hydrogens is 364 g/mol. The average Bonchev–Trinajstić information content (AvgIpc) is 3.17. The second-order valence-electron chi connectivity index (χ2n) is 6.36. The highest BCUT2D eigenvalue weighted by Crippen LogP contribution is 2.22. The number of rotatable bonds is 4. The topological polar surface area (TPSA) is 123 Å². The van der Waals surface area contributed by atoms with E-state index in [9.17, 15) is 14.9 Å². The van der Waals surface area contributed by atoms with Gasteiger partial charge >= 0.3 is 0 Å². The summed E-state index contributed by atoms with van der Waals surface area (Å²) in [5.41, 5.74) is 1.75. The summed E-state index contributed by atoms with van der Waals surface area (Å²) < 4.78 is 1.72. The van der Waals surface area contributed by atoms with Crippen molar-refractivity contribution in [3.05, 3.63) is 46.3 Å². The fourth-order valence-electron chi connectivity index (χ4n) is 3.25. The van der Waals surface area contributed by atoms with Crippen LogP contribution in [0.25, 0.3) is 11.2 Å². The van der Waals surface area contributed by atoms with Crippen LogP contribution in [0.5, 0.6) is 0 Å². The molecule has 3 aromatic rings. The maximum atomic E-state index is 12.7. The minimum atomic E-state index is -0.482. The van der Waals surface area contributed by atoms with Crippen molar-refractivity contribution in [2.75, 3.05) is 31.1 Å². The van der Waals surface area contributed by atoms with Crippen molar-refractivity contribution in [2.24, 2.45) is 0 Å². The molecule has 1 aliphatic heterocycles. The van der Waals surface area contributed by atoms with E-state index >= 15 is 0 Å². The fourth-order valence-corrected chi connectivity index (χ4v) is 3.25. The summed E-state index contributed by atoms with van der Waals surface area (Å²) in [5, 5.41) is 19.0. The van der Waals surface area contributed by atoms with Gasteiger partial charge < -0.3 is 9.80 Å². The van der Waals surface area contributed by atoms with Crippen molar-refractivity contribution in [3.8, 4) is 0 Å². The maximum absolute atomic E-state index is 12.7. The molecule has 2 aromatic heterocycles. The second-order valence-corrected chi connectivity index (χ2v) is 6.36. The molecule has 144 valence electrons. The summed E-state index contributed by atoms with van der Waals surface area (Å²) >= 11 is 0. The molecule has 1 amide bonds. The number of piperazine rings is 1. The van der Waals surface area contributed by atoms with Crippen molar-refractivity contribution in [2.45, 2.75) is 13.5 Å². The molecule has 0 radical (unpaired) electrons. The van der Waals surface area contributed by atoms with Crippen molar-refractivity contribution in [3.63, 3.8) is 0 Å². The number of hydrogen-bond donors (Lipinski definition) is 0. The van der Waals surface area contributed by atoms with E-state index < -0.39 is 4.92 Å². The van der Waals surface area contributed by atoms with Crippen LogP contribution in [0.15, 0.2) is 30.6 Å². The Morgan fingerprint density at radius 3 is 2.50 bits per heavy atom. The number of anilines is 1. The number of carbonyl (C=O) groups excluding carboxylic acids is 1. The smallest absolute Gasteiger partial charge is 0.269 e. The highest BCUT2D eigenvalue weighted by molar-refractivity contribution is 5.94. The van der Waals surface area contributed by atoms with Crippen LogP contribution < -0.4 is 4.90 Å². The number of carbonyl (C=O) groups is 1. The molecule has 1 aliphatic rings. The first-order valence-corrected chi connectivity index (χ1v) is 8.91. The quantitative estimate of drug-likeness (QED) is 0.486. The minimum Gasteiger partial charge on any atom is -0.351 e. The minimum absolute atomic E-state index is 0.0331. The number of aromatic nitrogens is 5. The fraction of sp³-hybridized carbons (Fsp3) is 0.353. The molecule has 0 bridgehead atoms. The third kappa shape index (κ3) is 3.10. The van der Waals surface area contributed by atoms with E-state index in [-0.39, 0.29) is 11.6 Å². The van der Waals surface area contributed by atoms with Crippen LogP contribution in [0.2, 0.25) is 0 Å². The predicted octanol–water partition coefficient (Wildman–Crippen LogP) is 1.11. The van der Waals surface area contributed by atoms with Gasteiger partial charge in [0.05, 0.1) is 4.92 Å². The van der Waals surface area contributed by atoms with Gasteiger partial charge in [-0.05, 0) is 19.1 Å². The molecule has 11 heteroatoms. The molecule has 0 N–H and O–H groups in total. The largest absolute Gasteiger partial charge is 0.351 e. The van der Waals surface area contributed by atoms with Gasteiger partial charge in [0.2, 0.25) is 0 Å². The number of hydrogen-bond acceptors (Lipinski definition) is 8. The number of nitro benzene ring substituents is 1. The summed E-state index contributed by atoms with van der Waals surface area (Å²) in [6, 6.07) is 5.67. The molecule has 4 rings (SSSR count). The first kappa shape index (κ1) is 17.8. The molecule has 1 saturated heterocycles.